The summed E-state index contributed by atoms with van der Waals surface area (Å²) in [6.07, 6.45) is 4.65. The third-order valence-corrected chi connectivity index (χ3v) is 6.38. The van der Waals surface area contributed by atoms with Crippen LogP contribution >= 0.6 is 0 Å². The van der Waals surface area contributed by atoms with E-state index in [1.54, 1.807) is 0 Å². The number of nitrogens with one attached hydrogen (secondary N) is 2. The smallest absolute Gasteiger partial charge is 0.225 e. The Morgan fingerprint density at radius 3 is 2.28 bits per heavy atom. The Labute approximate surface area is 192 Å². The maximum absolute atomic E-state index is 4.80. The molecule has 0 radical (unpaired) electrons. The van der Waals surface area contributed by atoms with E-state index >= 15 is 0 Å². The Hall–Kier alpha value is -2.86. The van der Waals surface area contributed by atoms with Crippen molar-refractivity contribution in [3.05, 3.63) is 54.6 Å². The monoisotopic (exact) mass is 432 g/mol. The van der Waals surface area contributed by atoms with Gasteiger partial charge < -0.3 is 20.4 Å². The predicted octanol–water partition coefficient (Wildman–Crippen LogP) is 4.54. The van der Waals surface area contributed by atoms with Gasteiger partial charge in [0.25, 0.3) is 0 Å². The zero-order valence-electron chi connectivity index (χ0n) is 19.6. The third kappa shape index (κ3) is 5.49. The molecule has 1 fully saturated rings. The maximum atomic E-state index is 4.80. The highest BCUT2D eigenvalue weighted by Gasteiger charge is 2.22. The summed E-state index contributed by atoms with van der Waals surface area (Å²) in [5.74, 6) is 1.71. The third-order valence-electron chi connectivity index (χ3n) is 6.38. The molecule has 0 saturated heterocycles. The molecule has 6 heteroatoms. The molecule has 170 valence electrons. The minimum absolute atomic E-state index is 0.431. The SMILES string of the molecule is CCN(CCN[C@H]1CC[C@@H](Nc2nc(N(C)C)c3ccccc3n2)CC1)c1ccccc1. The van der Waals surface area contributed by atoms with E-state index in [0.717, 1.165) is 55.1 Å². The Kier molecular flexibility index (Phi) is 7.43. The summed E-state index contributed by atoms with van der Waals surface area (Å²) in [6, 6.07) is 19.9. The molecule has 6 nitrogen and oxygen atoms in total. The second-order valence-electron chi connectivity index (χ2n) is 8.84. The topological polar surface area (TPSA) is 56.3 Å². The predicted molar refractivity (Wildman–Crippen MR) is 136 cm³/mol. The summed E-state index contributed by atoms with van der Waals surface area (Å²) in [5, 5.41) is 8.48. The second kappa shape index (κ2) is 10.6. The van der Waals surface area contributed by atoms with Gasteiger partial charge in [0.1, 0.15) is 5.82 Å². The first-order chi connectivity index (χ1) is 15.6. The van der Waals surface area contributed by atoms with Gasteiger partial charge in [-0.3, -0.25) is 0 Å². The van der Waals surface area contributed by atoms with Crippen molar-refractivity contribution in [1.29, 1.82) is 0 Å². The van der Waals surface area contributed by atoms with E-state index in [4.69, 9.17) is 9.97 Å². The van der Waals surface area contributed by atoms with E-state index < -0.39 is 0 Å². The fourth-order valence-corrected chi connectivity index (χ4v) is 4.60. The molecule has 0 aliphatic heterocycles. The molecule has 0 amide bonds. The van der Waals surface area contributed by atoms with Gasteiger partial charge in [0, 0.05) is 56.9 Å². The van der Waals surface area contributed by atoms with E-state index in [-0.39, 0.29) is 0 Å². The van der Waals surface area contributed by atoms with Gasteiger partial charge in [-0.1, -0.05) is 30.3 Å². The number of rotatable bonds is 9. The van der Waals surface area contributed by atoms with Gasteiger partial charge in [-0.15, -0.1) is 0 Å². The molecule has 0 spiro atoms. The molecule has 0 unspecified atom stereocenters. The Bertz CT molecular complexity index is 982. The highest BCUT2D eigenvalue weighted by molar-refractivity contribution is 5.90. The van der Waals surface area contributed by atoms with Crippen LogP contribution in [-0.4, -0.2) is 55.8 Å². The Morgan fingerprint density at radius 1 is 0.875 bits per heavy atom. The van der Waals surface area contributed by atoms with Gasteiger partial charge in [0.15, 0.2) is 0 Å². The number of aromatic nitrogens is 2. The van der Waals surface area contributed by atoms with Gasteiger partial charge in [-0.2, -0.15) is 4.98 Å². The summed E-state index contributed by atoms with van der Waals surface area (Å²) in [4.78, 5) is 14.1. The molecule has 1 saturated carbocycles. The van der Waals surface area contributed by atoms with Gasteiger partial charge in [0.2, 0.25) is 5.95 Å². The van der Waals surface area contributed by atoms with Crippen molar-refractivity contribution >= 4 is 28.4 Å². The van der Waals surface area contributed by atoms with Crippen LogP contribution in [0.5, 0.6) is 0 Å². The maximum Gasteiger partial charge on any atom is 0.225 e. The minimum atomic E-state index is 0.431. The number of nitrogens with zero attached hydrogens (tertiary/aromatic N) is 4. The summed E-state index contributed by atoms with van der Waals surface area (Å²) in [5.41, 5.74) is 2.29. The Balaban J connectivity index is 1.27. The lowest BCUT2D eigenvalue weighted by molar-refractivity contribution is 0.355. The summed E-state index contributed by atoms with van der Waals surface area (Å²) >= 11 is 0. The van der Waals surface area contributed by atoms with E-state index in [0.29, 0.717) is 12.1 Å². The fraction of sp³-hybridized carbons (Fsp3) is 0.462. The van der Waals surface area contributed by atoms with E-state index in [9.17, 15) is 0 Å². The van der Waals surface area contributed by atoms with Crippen LogP contribution < -0.4 is 20.4 Å². The number of para-hydroxylation sites is 2. The zero-order chi connectivity index (χ0) is 22.3. The van der Waals surface area contributed by atoms with Gasteiger partial charge in [-0.25, -0.2) is 4.98 Å². The molecule has 2 aromatic carbocycles. The summed E-state index contributed by atoms with van der Waals surface area (Å²) in [7, 11) is 4.07. The standard InChI is InChI=1S/C26H36N6/c1-4-32(22-10-6-5-7-11-22)19-18-27-20-14-16-21(17-15-20)28-26-29-24-13-9-8-12-23(24)25(30-26)31(2)3/h5-13,20-21,27H,4,14-19H2,1-3H3,(H,28,29,30)/t20-,21+. The first-order valence-corrected chi connectivity index (χ1v) is 11.9. The zero-order valence-corrected chi connectivity index (χ0v) is 19.6. The van der Waals surface area contributed by atoms with Crippen LogP contribution in [0.3, 0.4) is 0 Å². The van der Waals surface area contributed by atoms with Crippen LogP contribution in [0.4, 0.5) is 17.5 Å². The number of benzene rings is 2. The number of hydrogen-bond acceptors (Lipinski definition) is 6. The molecule has 0 bridgehead atoms. The average molecular weight is 433 g/mol. The number of fused-ring (bicyclic) bond motifs is 1. The molecule has 1 heterocycles. The van der Waals surface area contributed by atoms with Gasteiger partial charge >= 0.3 is 0 Å². The fourth-order valence-electron chi connectivity index (χ4n) is 4.60. The molecule has 2 N–H and O–H groups in total. The van der Waals surface area contributed by atoms with E-state index in [1.165, 1.54) is 18.5 Å². The quantitative estimate of drug-likeness (QED) is 0.518. The van der Waals surface area contributed by atoms with Crippen molar-refractivity contribution in [1.82, 2.24) is 15.3 Å². The highest BCUT2D eigenvalue weighted by Crippen LogP contribution is 2.26. The van der Waals surface area contributed by atoms with Crippen LogP contribution in [0.25, 0.3) is 10.9 Å². The van der Waals surface area contributed by atoms with E-state index in [2.05, 4.69) is 69.8 Å². The minimum Gasteiger partial charge on any atom is -0.371 e. The highest BCUT2D eigenvalue weighted by atomic mass is 15.2. The van der Waals surface area contributed by atoms with Gasteiger partial charge in [0.05, 0.1) is 5.52 Å². The van der Waals surface area contributed by atoms with Crippen LogP contribution in [0.1, 0.15) is 32.6 Å². The lowest BCUT2D eigenvalue weighted by Crippen LogP contribution is -2.41. The van der Waals surface area contributed by atoms with Crippen molar-refractivity contribution in [2.45, 2.75) is 44.7 Å². The number of hydrogen-bond donors (Lipinski definition) is 2. The van der Waals surface area contributed by atoms with Gasteiger partial charge in [-0.05, 0) is 56.9 Å². The summed E-state index contributed by atoms with van der Waals surface area (Å²) in [6.45, 7) is 5.31. The largest absolute Gasteiger partial charge is 0.371 e. The molecule has 32 heavy (non-hydrogen) atoms. The van der Waals surface area contributed by atoms with Crippen LogP contribution in [0, 0.1) is 0 Å². The second-order valence-corrected chi connectivity index (χ2v) is 8.84. The average Bonchev–Trinajstić information content (AvgIpc) is 2.83. The van der Waals surface area contributed by atoms with Crippen LogP contribution in [0.2, 0.25) is 0 Å². The first kappa shape index (κ1) is 22.3. The van der Waals surface area contributed by atoms with Crippen molar-refractivity contribution in [2.75, 3.05) is 48.8 Å². The number of anilines is 3. The van der Waals surface area contributed by atoms with Crippen molar-refractivity contribution in [3.8, 4) is 0 Å². The van der Waals surface area contributed by atoms with E-state index in [1.807, 2.05) is 26.2 Å². The molecule has 1 aromatic heterocycles. The van der Waals surface area contributed by atoms with Crippen LogP contribution in [-0.2, 0) is 0 Å². The normalized spacial score (nSPS) is 18.5. The Morgan fingerprint density at radius 2 is 1.56 bits per heavy atom. The number of likely N-dealkylation sites (N-methyl/N-ethyl adjacent to an activating group) is 1. The lowest BCUT2D eigenvalue weighted by Gasteiger charge is -2.31. The van der Waals surface area contributed by atoms with Crippen molar-refractivity contribution in [3.63, 3.8) is 0 Å². The molecule has 4 rings (SSSR count). The van der Waals surface area contributed by atoms with Crippen LogP contribution in [0.15, 0.2) is 54.6 Å². The van der Waals surface area contributed by atoms with Crippen molar-refractivity contribution < 1.29 is 0 Å². The lowest BCUT2D eigenvalue weighted by atomic mass is 9.91. The molecular weight excluding hydrogens is 396 g/mol. The molecule has 3 aromatic rings. The molecule has 1 aliphatic rings. The molecule has 0 atom stereocenters. The molecule has 1 aliphatic carbocycles. The first-order valence-electron chi connectivity index (χ1n) is 11.9. The van der Waals surface area contributed by atoms with Crippen molar-refractivity contribution in [2.24, 2.45) is 0 Å². The molecular formula is C26H36N6. The summed E-state index contributed by atoms with van der Waals surface area (Å²) < 4.78 is 0.